The fraction of sp³-hybridized carbons (Fsp3) is 0.833. The van der Waals surface area contributed by atoms with Gasteiger partial charge in [-0.1, -0.05) is 38.5 Å². The highest BCUT2D eigenvalue weighted by Gasteiger charge is 2.40. The van der Waals surface area contributed by atoms with Crippen LogP contribution in [0.5, 0.6) is 0 Å². The molecule has 164 valence electrons. The zero-order valence-electron chi connectivity index (χ0n) is 19.1. The quantitative estimate of drug-likeness (QED) is 0.747. The number of carbonyl (C=O) groups excluding carboxylic acids is 1. The SMILES string of the molecule is Cc1nn([C@H](C)CC(=O)NC2(C3CCCCCCCC3)CCCNC2)c(C)c1C. The highest BCUT2D eigenvalue weighted by atomic mass is 16.1. The van der Waals surface area contributed by atoms with Crippen LogP contribution in [0.25, 0.3) is 0 Å². The molecule has 2 atom stereocenters. The molecule has 2 heterocycles. The maximum absolute atomic E-state index is 13.2. The first-order chi connectivity index (χ1) is 13.9. The molecular formula is C24H42N4O. The lowest BCUT2D eigenvalue weighted by atomic mass is 9.73. The van der Waals surface area contributed by atoms with E-state index in [2.05, 4.69) is 36.5 Å². The Hall–Kier alpha value is -1.36. The number of nitrogens with zero attached hydrogens (tertiary/aromatic N) is 2. The van der Waals surface area contributed by atoms with Crippen LogP contribution in [0.15, 0.2) is 0 Å². The molecule has 29 heavy (non-hydrogen) atoms. The fourth-order valence-electron chi connectivity index (χ4n) is 5.53. The molecule has 3 rings (SSSR count). The Bertz CT molecular complexity index is 665. The Labute approximate surface area is 177 Å². The second kappa shape index (κ2) is 10.1. The number of piperidine rings is 1. The summed E-state index contributed by atoms with van der Waals surface area (Å²) >= 11 is 0. The van der Waals surface area contributed by atoms with Gasteiger partial charge in [-0.2, -0.15) is 5.10 Å². The van der Waals surface area contributed by atoms with Crippen LogP contribution < -0.4 is 10.6 Å². The van der Waals surface area contributed by atoms with Gasteiger partial charge in [0.15, 0.2) is 0 Å². The minimum Gasteiger partial charge on any atom is -0.349 e. The van der Waals surface area contributed by atoms with E-state index in [9.17, 15) is 4.79 Å². The Kier molecular flexibility index (Phi) is 7.78. The molecule has 1 aliphatic carbocycles. The average Bonchev–Trinajstić information content (AvgIpc) is 3.04. The molecular weight excluding hydrogens is 360 g/mol. The lowest BCUT2D eigenvalue weighted by Crippen LogP contribution is -2.62. The topological polar surface area (TPSA) is 59.0 Å². The largest absolute Gasteiger partial charge is 0.349 e. The summed E-state index contributed by atoms with van der Waals surface area (Å²) in [4.78, 5) is 13.2. The number of nitrogens with one attached hydrogen (secondary N) is 2. The summed E-state index contributed by atoms with van der Waals surface area (Å²) < 4.78 is 2.04. The molecule has 5 heteroatoms. The van der Waals surface area contributed by atoms with Crippen LogP contribution in [0.4, 0.5) is 0 Å². The van der Waals surface area contributed by atoms with Crippen molar-refractivity contribution in [2.45, 2.75) is 110 Å². The van der Waals surface area contributed by atoms with E-state index in [4.69, 9.17) is 0 Å². The summed E-state index contributed by atoms with van der Waals surface area (Å²) in [7, 11) is 0. The van der Waals surface area contributed by atoms with Crippen molar-refractivity contribution in [2.24, 2.45) is 5.92 Å². The van der Waals surface area contributed by atoms with Crippen LogP contribution in [0.2, 0.25) is 0 Å². The van der Waals surface area contributed by atoms with Crippen molar-refractivity contribution in [1.29, 1.82) is 0 Å². The molecule has 1 aromatic rings. The van der Waals surface area contributed by atoms with Gasteiger partial charge in [0.2, 0.25) is 5.91 Å². The van der Waals surface area contributed by atoms with Crippen molar-refractivity contribution in [3.8, 4) is 0 Å². The van der Waals surface area contributed by atoms with Gasteiger partial charge in [-0.25, -0.2) is 0 Å². The van der Waals surface area contributed by atoms with Crippen LogP contribution in [-0.4, -0.2) is 34.3 Å². The highest BCUT2D eigenvalue weighted by Crippen LogP contribution is 2.35. The fourth-order valence-corrected chi connectivity index (χ4v) is 5.53. The second-order valence-corrected chi connectivity index (χ2v) is 9.67. The van der Waals surface area contributed by atoms with Crippen LogP contribution in [-0.2, 0) is 4.79 Å². The first kappa shape index (κ1) is 22.3. The van der Waals surface area contributed by atoms with Crippen molar-refractivity contribution >= 4 is 5.91 Å². The van der Waals surface area contributed by atoms with Crippen LogP contribution >= 0.6 is 0 Å². The molecule has 2 aliphatic rings. The molecule has 2 N–H and O–H groups in total. The van der Waals surface area contributed by atoms with Gasteiger partial charge >= 0.3 is 0 Å². The van der Waals surface area contributed by atoms with E-state index in [0.717, 1.165) is 31.6 Å². The molecule has 0 bridgehead atoms. The first-order valence-corrected chi connectivity index (χ1v) is 12.0. The maximum Gasteiger partial charge on any atom is 0.222 e. The summed E-state index contributed by atoms with van der Waals surface area (Å²) in [6.45, 7) is 10.4. The third kappa shape index (κ3) is 5.42. The predicted octanol–water partition coefficient (Wildman–Crippen LogP) is 4.75. The van der Waals surface area contributed by atoms with E-state index in [1.54, 1.807) is 0 Å². The molecule has 2 fully saturated rings. The van der Waals surface area contributed by atoms with Crippen LogP contribution in [0, 0.1) is 26.7 Å². The summed E-state index contributed by atoms with van der Waals surface area (Å²) in [5.41, 5.74) is 3.40. The van der Waals surface area contributed by atoms with Gasteiger partial charge in [0.05, 0.1) is 17.3 Å². The molecule has 0 radical (unpaired) electrons. The number of hydrogen-bond acceptors (Lipinski definition) is 3. The molecule has 1 aromatic heterocycles. The normalized spacial score (nSPS) is 25.7. The van der Waals surface area contributed by atoms with Crippen LogP contribution in [0.1, 0.15) is 101 Å². The Balaban J connectivity index is 1.70. The first-order valence-electron chi connectivity index (χ1n) is 12.0. The molecule has 1 saturated heterocycles. The Morgan fingerprint density at radius 2 is 1.79 bits per heavy atom. The molecule has 1 unspecified atom stereocenters. The van der Waals surface area contributed by atoms with Gasteiger partial charge in [-0.3, -0.25) is 9.48 Å². The third-order valence-electron chi connectivity index (χ3n) is 7.53. The highest BCUT2D eigenvalue weighted by molar-refractivity contribution is 5.77. The van der Waals surface area contributed by atoms with Gasteiger partial charge in [0.25, 0.3) is 0 Å². The average molecular weight is 403 g/mol. The van der Waals surface area contributed by atoms with E-state index < -0.39 is 0 Å². The lowest BCUT2D eigenvalue weighted by molar-refractivity contribution is -0.125. The monoisotopic (exact) mass is 402 g/mol. The molecule has 1 saturated carbocycles. The molecule has 5 nitrogen and oxygen atoms in total. The summed E-state index contributed by atoms with van der Waals surface area (Å²) in [6, 6.07) is 0.0801. The van der Waals surface area contributed by atoms with Gasteiger partial charge in [-0.15, -0.1) is 0 Å². The van der Waals surface area contributed by atoms with Crippen molar-refractivity contribution in [3.05, 3.63) is 17.0 Å². The molecule has 0 aromatic carbocycles. The van der Waals surface area contributed by atoms with Crippen molar-refractivity contribution in [2.75, 3.05) is 13.1 Å². The number of aryl methyl sites for hydroxylation is 1. The van der Waals surface area contributed by atoms with Gasteiger partial charge in [0, 0.05) is 18.7 Å². The zero-order chi connectivity index (χ0) is 20.9. The second-order valence-electron chi connectivity index (χ2n) is 9.67. The maximum atomic E-state index is 13.2. The van der Waals surface area contributed by atoms with Crippen molar-refractivity contribution < 1.29 is 4.79 Å². The lowest BCUT2D eigenvalue weighted by Gasteiger charge is -2.45. The number of amides is 1. The standard InChI is InChI=1S/C24H42N4O/c1-18(28-21(4)19(2)20(3)27-28)16-23(29)26-24(14-11-15-25-17-24)22-12-9-7-5-6-8-10-13-22/h18,22,25H,5-17H2,1-4H3,(H,26,29)/t18-,24?/m1/s1. The van der Waals surface area contributed by atoms with E-state index in [0.29, 0.717) is 12.3 Å². The smallest absolute Gasteiger partial charge is 0.222 e. The Morgan fingerprint density at radius 1 is 1.14 bits per heavy atom. The van der Waals surface area contributed by atoms with Gasteiger partial charge < -0.3 is 10.6 Å². The van der Waals surface area contributed by atoms with Gasteiger partial charge in [0.1, 0.15) is 0 Å². The minimum atomic E-state index is -0.0651. The molecule has 0 spiro atoms. The van der Waals surface area contributed by atoms with E-state index in [1.165, 1.54) is 62.6 Å². The summed E-state index contributed by atoms with van der Waals surface area (Å²) in [5, 5.41) is 11.8. The van der Waals surface area contributed by atoms with E-state index in [1.807, 2.05) is 11.6 Å². The number of carbonyl (C=O) groups is 1. The van der Waals surface area contributed by atoms with Crippen LogP contribution in [0.3, 0.4) is 0 Å². The molecule has 1 aliphatic heterocycles. The van der Waals surface area contributed by atoms with Gasteiger partial charge in [-0.05, 0) is 71.4 Å². The minimum absolute atomic E-state index is 0.0651. The van der Waals surface area contributed by atoms with E-state index in [-0.39, 0.29) is 17.5 Å². The number of hydrogen-bond donors (Lipinski definition) is 2. The number of rotatable bonds is 5. The zero-order valence-corrected chi connectivity index (χ0v) is 19.1. The van der Waals surface area contributed by atoms with Crippen molar-refractivity contribution in [3.63, 3.8) is 0 Å². The van der Waals surface area contributed by atoms with Crippen molar-refractivity contribution in [1.82, 2.24) is 20.4 Å². The Morgan fingerprint density at radius 3 is 2.34 bits per heavy atom. The number of aromatic nitrogens is 2. The molecule has 1 amide bonds. The third-order valence-corrected chi connectivity index (χ3v) is 7.53. The predicted molar refractivity (Wildman–Crippen MR) is 119 cm³/mol. The van der Waals surface area contributed by atoms with E-state index >= 15 is 0 Å². The summed E-state index contributed by atoms with van der Waals surface area (Å²) in [5.74, 6) is 0.787. The summed E-state index contributed by atoms with van der Waals surface area (Å²) in [6.07, 6.45) is 13.4.